The summed E-state index contributed by atoms with van der Waals surface area (Å²) in [5.41, 5.74) is -0.127. The van der Waals surface area contributed by atoms with Gasteiger partial charge < -0.3 is 14.4 Å². The Balaban J connectivity index is 1.70. The van der Waals surface area contributed by atoms with Crippen molar-refractivity contribution in [3.8, 4) is 0 Å². The number of amides is 1. The van der Waals surface area contributed by atoms with E-state index in [1.54, 1.807) is 4.90 Å². The maximum absolute atomic E-state index is 14.2. The molecule has 2 aliphatic rings. The van der Waals surface area contributed by atoms with Crippen molar-refractivity contribution in [2.24, 2.45) is 0 Å². The van der Waals surface area contributed by atoms with Crippen LogP contribution in [-0.4, -0.2) is 75.0 Å². The van der Waals surface area contributed by atoms with E-state index in [0.717, 1.165) is 41.8 Å². The van der Waals surface area contributed by atoms with Gasteiger partial charge in [0, 0.05) is 25.7 Å². The number of esters is 1. The lowest BCUT2D eigenvalue weighted by Crippen LogP contribution is -2.44. The average molecular weight is 428 g/mol. The van der Waals surface area contributed by atoms with Crippen LogP contribution in [0.15, 0.2) is 23.1 Å². The van der Waals surface area contributed by atoms with Crippen LogP contribution in [0.4, 0.5) is 4.39 Å². The molecular formula is C19H25FN2O6S. The minimum atomic E-state index is -4.11. The minimum Gasteiger partial charge on any atom is -0.452 e. The Hall–Kier alpha value is -2.04. The molecule has 1 aromatic rings. The Kier molecular flexibility index (Phi) is 6.86. The second-order valence-corrected chi connectivity index (χ2v) is 9.08. The van der Waals surface area contributed by atoms with E-state index in [4.69, 9.17) is 9.47 Å². The van der Waals surface area contributed by atoms with E-state index < -0.39 is 33.3 Å². The molecule has 0 N–H and O–H groups in total. The first-order valence-electron chi connectivity index (χ1n) is 9.65. The second kappa shape index (κ2) is 9.19. The highest BCUT2D eigenvalue weighted by molar-refractivity contribution is 7.89. The van der Waals surface area contributed by atoms with Gasteiger partial charge >= 0.3 is 5.97 Å². The molecule has 0 bridgehead atoms. The fraction of sp³-hybridized carbons (Fsp3) is 0.579. The summed E-state index contributed by atoms with van der Waals surface area (Å²) in [6.45, 7) is 2.79. The molecule has 10 heteroatoms. The van der Waals surface area contributed by atoms with Gasteiger partial charge in [-0.25, -0.2) is 17.6 Å². The van der Waals surface area contributed by atoms with Gasteiger partial charge in [0.15, 0.2) is 6.61 Å². The maximum atomic E-state index is 14.2. The highest BCUT2D eigenvalue weighted by Crippen LogP contribution is 2.22. The standard InChI is InChI=1S/C19H25FN2O6S/c1-14-4-2-3-7-22(14)18(23)13-28-19(24)15-5-6-16(20)17(12-15)29(25,26)21-8-10-27-11-9-21/h5-6,12,14H,2-4,7-11,13H2,1H3. The van der Waals surface area contributed by atoms with E-state index in [0.29, 0.717) is 6.54 Å². The van der Waals surface area contributed by atoms with Gasteiger partial charge in [-0.15, -0.1) is 0 Å². The molecule has 3 rings (SSSR count). The molecule has 0 radical (unpaired) electrons. The highest BCUT2D eigenvalue weighted by Gasteiger charge is 2.30. The van der Waals surface area contributed by atoms with E-state index >= 15 is 0 Å². The first-order chi connectivity index (χ1) is 13.8. The highest BCUT2D eigenvalue weighted by atomic mass is 32.2. The third kappa shape index (κ3) is 4.93. The summed E-state index contributed by atoms with van der Waals surface area (Å²) in [4.78, 5) is 25.7. The first kappa shape index (κ1) is 21.7. The summed E-state index contributed by atoms with van der Waals surface area (Å²) in [6.07, 6.45) is 2.87. The molecule has 1 amide bonds. The van der Waals surface area contributed by atoms with Crippen LogP contribution in [0.3, 0.4) is 0 Å². The topological polar surface area (TPSA) is 93.2 Å². The summed E-state index contributed by atoms with van der Waals surface area (Å²) in [6, 6.07) is 3.10. The molecular weight excluding hydrogens is 403 g/mol. The van der Waals surface area contributed by atoms with E-state index in [9.17, 15) is 22.4 Å². The summed E-state index contributed by atoms with van der Waals surface area (Å²) in [7, 11) is -4.11. The summed E-state index contributed by atoms with van der Waals surface area (Å²) in [5, 5.41) is 0. The molecule has 0 aliphatic carbocycles. The number of carbonyl (C=O) groups excluding carboxylic acids is 2. The van der Waals surface area contributed by atoms with Crippen LogP contribution in [0, 0.1) is 5.82 Å². The minimum absolute atomic E-state index is 0.0889. The lowest BCUT2D eigenvalue weighted by Gasteiger charge is -2.33. The summed E-state index contributed by atoms with van der Waals surface area (Å²) in [5.74, 6) is -2.12. The maximum Gasteiger partial charge on any atom is 0.338 e. The number of nitrogens with zero attached hydrogens (tertiary/aromatic N) is 2. The summed E-state index contributed by atoms with van der Waals surface area (Å²) < 4.78 is 51.0. The zero-order valence-electron chi connectivity index (χ0n) is 16.3. The SMILES string of the molecule is CC1CCCCN1C(=O)COC(=O)c1ccc(F)c(S(=O)(=O)N2CCOCC2)c1. The number of benzene rings is 1. The number of ether oxygens (including phenoxy) is 2. The van der Waals surface area contributed by atoms with Crippen LogP contribution < -0.4 is 0 Å². The zero-order chi connectivity index (χ0) is 21.0. The molecule has 8 nitrogen and oxygen atoms in total. The molecule has 2 fully saturated rings. The number of hydrogen-bond acceptors (Lipinski definition) is 6. The predicted molar refractivity (Wildman–Crippen MR) is 101 cm³/mol. The fourth-order valence-corrected chi connectivity index (χ4v) is 5.01. The number of piperidine rings is 1. The Morgan fingerprint density at radius 3 is 2.62 bits per heavy atom. The van der Waals surface area contributed by atoms with Gasteiger partial charge in [0.25, 0.3) is 5.91 Å². The number of likely N-dealkylation sites (tertiary alicyclic amines) is 1. The molecule has 0 aromatic heterocycles. The summed E-state index contributed by atoms with van der Waals surface area (Å²) >= 11 is 0. The van der Waals surface area contributed by atoms with Crippen molar-refractivity contribution in [3.63, 3.8) is 0 Å². The zero-order valence-corrected chi connectivity index (χ0v) is 17.1. The van der Waals surface area contributed by atoms with Crippen molar-refractivity contribution in [3.05, 3.63) is 29.6 Å². The van der Waals surface area contributed by atoms with E-state index in [1.807, 2.05) is 6.92 Å². The Labute approximate surface area is 169 Å². The molecule has 2 heterocycles. The molecule has 2 aliphatic heterocycles. The number of carbonyl (C=O) groups is 2. The lowest BCUT2D eigenvalue weighted by molar-refractivity contribution is -0.137. The molecule has 0 saturated carbocycles. The monoisotopic (exact) mass is 428 g/mol. The quantitative estimate of drug-likeness (QED) is 0.659. The van der Waals surface area contributed by atoms with Crippen molar-refractivity contribution in [1.82, 2.24) is 9.21 Å². The molecule has 0 spiro atoms. The van der Waals surface area contributed by atoms with Crippen molar-refractivity contribution >= 4 is 21.9 Å². The van der Waals surface area contributed by atoms with Gasteiger partial charge in [-0.2, -0.15) is 4.31 Å². The molecule has 2 saturated heterocycles. The van der Waals surface area contributed by atoms with Crippen molar-refractivity contribution in [1.29, 1.82) is 0 Å². The molecule has 1 aromatic carbocycles. The second-order valence-electron chi connectivity index (χ2n) is 7.17. The van der Waals surface area contributed by atoms with E-state index in [1.165, 1.54) is 0 Å². The van der Waals surface area contributed by atoms with Gasteiger partial charge in [-0.3, -0.25) is 4.79 Å². The Morgan fingerprint density at radius 2 is 1.93 bits per heavy atom. The van der Waals surface area contributed by atoms with E-state index in [2.05, 4.69) is 0 Å². The van der Waals surface area contributed by atoms with Crippen LogP contribution in [0.1, 0.15) is 36.5 Å². The van der Waals surface area contributed by atoms with Crippen LogP contribution in [-0.2, 0) is 24.3 Å². The number of hydrogen-bond donors (Lipinski definition) is 0. The van der Waals surface area contributed by atoms with Crippen LogP contribution in [0.5, 0.6) is 0 Å². The fourth-order valence-electron chi connectivity index (χ4n) is 3.52. The average Bonchev–Trinajstić information content (AvgIpc) is 2.73. The van der Waals surface area contributed by atoms with Crippen LogP contribution in [0.25, 0.3) is 0 Å². The number of rotatable bonds is 5. The van der Waals surface area contributed by atoms with Crippen molar-refractivity contribution in [2.75, 3.05) is 39.5 Å². The smallest absolute Gasteiger partial charge is 0.338 e. The van der Waals surface area contributed by atoms with Crippen LogP contribution >= 0.6 is 0 Å². The third-order valence-electron chi connectivity index (χ3n) is 5.20. The first-order valence-corrected chi connectivity index (χ1v) is 11.1. The Bertz CT molecular complexity index is 869. The largest absolute Gasteiger partial charge is 0.452 e. The lowest BCUT2D eigenvalue weighted by atomic mass is 10.0. The van der Waals surface area contributed by atoms with Gasteiger partial charge in [0.1, 0.15) is 10.7 Å². The van der Waals surface area contributed by atoms with Crippen molar-refractivity contribution in [2.45, 2.75) is 37.1 Å². The number of sulfonamides is 1. The van der Waals surface area contributed by atoms with Gasteiger partial charge in [-0.1, -0.05) is 0 Å². The van der Waals surface area contributed by atoms with Crippen molar-refractivity contribution < 1.29 is 31.9 Å². The number of morpholine rings is 1. The Morgan fingerprint density at radius 1 is 1.21 bits per heavy atom. The van der Waals surface area contributed by atoms with Crippen LogP contribution in [0.2, 0.25) is 0 Å². The molecule has 160 valence electrons. The molecule has 29 heavy (non-hydrogen) atoms. The third-order valence-corrected chi connectivity index (χ3v) is 7.12. The van der Waals surface area contributed by atoms with Gasteiger partial charge in [0.2, 0.25) is 10.0 Å². The van der Waals surface area contributed by atoms with E-state index in [-0.39, 0.29) is 43.8 Å². The van der Waals surface area contributed by atoms with Gasteiger partial charge in [-0.05, 0) is 44.4 Å². The normalized spacial score (nSPS) is 21.0. The van der Waals surface area contributed by atoms with Gasteiger partial charge in [0.05, 0.1) is 18.8 Å². The molecule has 1 atom stereocenters. The number of halogens is 1. The predicted octanol–water partition coefficient (Wildman–Crippen LogP) is 1.40. The molecule has 1 unspecified atom stereocenters.